The summed E-state index contributed by atoms with van der Waals surface area (Å²) in [4.78, 5) is 11.1. The van der Waals surface area contributed by atoms with Crippen molar-refractivity contribution in [3.05, 3.63) is 163 Å². The van der Waals surface area contributed by atoms with Gasteiger partial charge in [-0.05, 0) is 74.8 Å². The van der Waals surface area contributed by atoms with Crippen LogP contribution in [0.25, 0.3) is 93.4 Å². The summed E-state index contributed by atoms with van der Waals surface area (Å²) in [6.07, 6.45) is 6.12. The standard InChI is InChI=1S/C50H35N3/c1-12-28-50(29-13-1)40-21-9-8-20-38(40)43-36-18-6-7-19-37(36)48-44(45(43)50)39-27-26-32-15-4-5-17-35(32)47(39)53(48)49-46(51-41-22-10-11-23-42(41)52-49)34-25-24-31-14-2-3-16-33(31)30-34/h2-11,14-27,30H,1,12-13,28-29H2. The molecule has 0 aliphatic heterocycles. The molecule has 250 valence electrons. The molecule has 3 nitrogen and oxygen atoms in total. The molecule has 12 rings (SSSR count). The van der Waals surface area contributed by atoms with Crippen LogP contribution in [0.4, 0.5) is 0 Å². The molecular formula is C50H35N3. The molecule has 8 aromatic carbocycles. The van der Waals surface area contributed by atoms with E-state index in [2.05, 4.69) is 156 Å². The Morgan fingerprint density at radius 2 is 1.15 bits per heavy atom. The quantitative estimate of drug-likeness (QED) is 0.182. The van der Waals surface area contributed by atoms with E-state index in [-0.39, 0.29) is 5.41 Å². The summed E-state index contributed by atoms with van der Waals surface area (Å²) < 4.78 is 2.51. The summed E-state index contributed by atoms with van der Waals surface area (Å²) in [6, 6.07) is 55.7. The van der Waals surface area contributed by atoms with Gasteiger partial charge in [-0.2, -0.15) is 0 Å². The van der Waals surface area contributed by atoms with Crippen LogP contribution in [-0.4, -0.2) is 14.5 Å². The zero-order valence-corrected chi connectivity index (χ0v) is 29.3. The fraction of sp³-hybridized carbons (Fsp3) is 0.120. The highest BCUT2D eigenvalue weighted by molar-refractivity contribution is 6.29. The Morgan fingerprint density at radius 3 is 2.00 bits per heavy atom. The molecule has 2 aliphatic carbocycles. The highest BCUT2D eigenvalue weighted by atomic mass is 15.1. The van der Waals surface area contributed by atoms with Gasteiger partial charge in [0, 0.05) is 32.5 Å². The van der Waals surface area contributed by atoms with Gasteiger partial charge in [0.05, 0.1) is 22.1 Å². The molecule has 10 aromatic rings. The number of fused-ring (bicyclic) bond motifs is 16. The van der Waals surface area contributed by atoms with Crippen molar-refractivity contribution in [1.29, 1.82) is 0 Å². The van der Waals surface area contributed by atoms with E-state index in [9.17, 15) is 0 Å². The summed E-state index contributed by atoms with van der Waals surface area (Å²) in [6.45, 7) is 0. The minimum atomic E-state index is -0.0343. The lowest BCUT2D eigenvalue weighted by Crippen LogP contribution is -2.28. The summed E-state index contributed by atoms with van der Waals surface area (Å²) >= 11 is 0. The van der Waals surface area contributed by atoms with Gasteiger partial charge in [-0.25, -0.2) is 9.97 Å². The molecule has 0 unspecified atom stereocenters. The zero-order valence-electron chi connectivity index (χ0n) is 29.3. The first-order valence-electron chi connectivity index (χ1n) is 19.1. The fourth-order valence-electron chi connectivity index (χ4n) is 10.3. The molecule has 0 saturated heterocycles. The molecule has 0 N–H and O–H groups in total. The maximum atomic E-state index is 5.63. The fourth-order valence-corrected chi connectivity index (χ4v) is 10.3. The topological polar surface area (TPSA) is 30.7 Å². The lowest BCUT2D eigenvalue weighted by molar-refractivity contribution is 0.355. The van der Waals surface area contributed by atoms with E-state index < -0.39 is 0 Å². The minimum absolute atomic E-state index is 0.0343. The van der Waals surface area contributed by atoms with E-state index in [0.717, 1.165) is 28.1 Å². The predicted molar refractivity (Wildman–Crippen MR) is 221 cm³/mol. The average molecular weight is 678 g/mol. The van der Waals surface area contributed by atoms with Gasteiger partial charge in [0.25, 0.3) is 0 Å². The van der Waals surface area contributed by atoms with Crippen LogP contribution in [0.1, 0.15) is 43.2 Å². The van der Waals surface area contributed by atoms with Crippen LogP contribution in [0.3, 0.4) is 0 Å². The number of hydrogen-bond acceptors (Lipinski definition) is 2. The minimum Gasteiger partial charge on any atom is -0.291 e. The molecule has 2 heterocycles. The third kappa shape index (κ3) is 3.94. The van der Waals surface area contributed by atoms with E-state index in [1.807, 2.05) is 0 Å². The van der Waals surface area contributed by atoms with Gasteiger partial charge < -0.3 is 0 Å². The maximum absolute atomic E-state index is 5.63. The predicted octanol–water partition coefficient (Wildman–Crippen LogP) is 13.1. The van der Waals surface area contributed by atoms with E-state index in [1.165, 1.54) is 108 Å². The molecule has 0 atom stereocenters. The van der Waals surface area contributed by atoms with E-state index in [1.54, 1.807) is 0 Å². The Bertz CT molecular complexity index is 3160. The second kappa shape index (κ2) is 10.8. The van der Waals surface area contributed by atoms with Crippen LogP contribution >= 0.6 is 0 Å². The van der Waals surface area contributed by atoms with Gasteiger partial charge in [-0.1, -0.05) is 153 Å². The third-order valence-corrected chi connectivity index (χ3v) is 12.5. The summed E-state index contributed by atoms with van der Waals surface area (Å²) in [7, 11) is 0. The number of aromatic nitrogens is 3. The first kappa shape index (κ1) is 29.3. The van der Waals surface area contributed by atoms with Gasteiger partial charge >= 0.3 is 0 Å². The third-order valence-electron chi connectivity index (χ3n) is 12.5. The van der Waals surface area contributed by atoms with Crippen LogP contribution < -0.4 is 0 Å². The Hall–Kier alpha value is -6.32. The normalized spacial score (nSPS) is 14.9. The molecule has 1 saturated carbocycles. The number of hydrogen-bond donors (Lipinski definition) is 0. The monoisotopic (exact) mass is 677 g/mol. The van der Waals surface area contributed by atoms with Crippen LogP contribution in [-0.2, 0) is 5.41 Å². The summed E-state index contributed by atoms with van der Waals surface area (Å²) in [5.41, 5.74) is 12.0. The first-order valence-corrected chi connectivity index (χ1v) is 19.1. The number of benzene rings is 8. The SMILES string of the molecule is c1ccc2c(c1)-c1c(c3c4ccc5ccccc5c4n(-c4nc5ccccc5nc4-c4ccc5ccccc5c4)c3c3ccccc13)C21CCCCC1. The Labute approximate surface area is 307 Å². The highest BCUT2D eigenvalue weighted by Crippen LogP contribution is 2.61. The lowest BCUT2D eigenvalue weighted by Gasteiger charge is -2.36. The van der Waals surface area contributed by atoms with E-state index in [4.69, 9.17) is 9.97 Å². The maximum Gasteiger partial charge on any atom is 0.165 e. The van der Waals surface area contributed by atoms with Gasteiger partial charge in [0.2, 0.25) is 0 Å². The molecule has 0 amide bonds. The largest absolute Gasteiger partial charge is 0.291 e. The number of rotatable bonds is 2. The van der Waals surface area contributed by atoms with Crippen molar-refractivity contribution in [1.82, 2.24) is 14.5 Å². The molecule has 1 spiro atoms. The Morgan fingerprint density at radius 1 is 0.491 bits per heavy atom. The van der Waals surface area contributed by atoms with Crippen LogP contribution in [0.5, 0.6) is 0 Å². The van der Waals surface area contributed by atoms with Crippen molar-refractivity contribution in [2.24, 2.45) is 0 Å². The molecule has 3 heteroatoms. The van der Waals surface area contributed by atoms with Gasteiger partial charge in [-0.3, -0.25) is 4.57 Å². The summed E-state index contributed by atoms with van der Waals surface area (Å²) in [5.74, 6) is 0.869. The molecule has 0 bridgehead atoms. The van der Waals surface area contributed by atoms with E-state index in [0.29, 0.717) is 0 Å². The second-order valence-electron chi connectivity index (χ2n) is 15.2. The molecule has 2 aliphatic rings. The van der Waals surface area contributed by atoms with Gasteiger partial charge in [0.15, 0.2) is 5.82 Å². The number of nitrogens with zero attached hydrogens (tertiary/aromatic N) is 3. The molecule has 2 aromatic heterocycles. The van der Waals surface area contributed by atoms with Crippen molar-refractivity contribution in [3.8, 4) is 28.2 Å². The van der Waals surface area contributed by atoms with E-state index >= 15 is 0 Å². The van der Waals surface area contributed by atoms with Crippen LogP contribution in [0, 0.1) is 0 Å². The van der Waals surface area contributed by atoms with Gasteiger partial charge in [-0.15, -0.1) is 0 Å². The van der Waals surface area contributed by atoms with Crippen molar-refractivity contribution in [2.75, 3.05) is 0 Å². The summed E-state index contributed by atoms with van der Waals surface area (Å²) in [5, 5.41) is 10.1. The lowest BCUT2D eigenvalue weighted by atomic mass is 9.66. The van der Waals surface area contributed by atoms with Crippen molar-refractivity contribution in [2.45, 2.75) is 37.5 Å². The van der Waals surface area contributed by atoms with Gasteiger partial charge in [0.1, 0.15) is 5.69 Å². The molecular weight excluding hydrogens is 643 g/mol. The smallest absolute Gasteiger partial charge is 0.165 e. The highest BCUT2D eigenvalue weighted by Gasteiger charge is 2.46. The van der Waals surface area contributed by atoms with Crippen LogP contribution in [0.15, 0.2) is 152 Å². The molecule has 1 fully saturated rings. The Kier molecular flexibility index (Phi) is 5.99. The van der Waals surface area contributed by atoms with Crippen molar-refractivity contribution < 1.29 is 0 Å². The van der Waals surface area contributed by atoms with Crippen LogP contribution in [0.2, 0.25) is 0 Å². The molecule has 0 radical (unpaired) electrons. The van der Waals surface area contributed by atoms with Crippen molar-refractivity contribution >= 4 is 65.2 Å². The molecule has 53 heavy (non-hydrogen) atoms. The zero-order chi connectivity index (χ0) is 34.7. The average Bonchev–Trinajstić information content (AvgIpc) is 3.71. The number of para-hydroxylation sites is 2. The second-order valence-corrected chi connectivity index (χ2v) is 15.2. The Balaban J connectivity index is 1.34. The first-order chi connectivity index (χ1) is 26.3. The van der Waals surface area contributed by atoms with Crippen molar-refractivity contribution in [3.63, 3.8) is 0 Å².